The predicted molar refractivity (Wildman–Crippen MR) is 45.0 cm³/mol. The van der Waals surface area contributed by atoms with Crippen LogP contribution in [0.25, 0.3) is 0 Å². The Hall–Kier alpha value is -0.0400. The van der Waals surface area contributed by atoms with E-state index in [1.807, 2.05) is 0 Å². The summed E-state index contributed by atoms with van der Waals surface area (Å²) in [7, 11) is 0. The van der Waals surface area contributed by atoms with Gasteiger partial charge >= 0.3 is 0 Å². The van der Waals surface area contributed by atoms with Crippen LogP contribution in [0.3, 0.4) is 0 Å². The summed E-state index contributed by atoms with van der Waals surface area (Å²) >= 11 is 0. The van der Waals surface area contributed by atoms with Crippen LogP contribution in [0.15, 0.2) is 0 Å². The highest BCUT2D eigenvalue weighted by Crippen LogP contribution is 2.39. The molecule has 0 saturated heterocycles. The number of aliphatic hydroxyl groups is 1. The normalized spacial score (nSPS) is 45.0. The maximum Gasteiger partial charge on any atom is 0.0571 e. The molecule has 63 valence electrons. The summed E-state index contributed by atoms with van der Waals surface area (Å²) in [4.78, 5) is 0. The fourth-order valence-electron chi connectivity index (χ4n) is 2.65. The average Bonchev–Trinajstić information content (AvgIpc) is 2.06. The molecule has 0 spiro atoms. The first kappa shape index (κ1) is 7.60. The third kappa shape index (κ3) is 1.44. The van der Waals surface area contributed by atoms with Gasteiger partial charge in [-0.2, -0.15) is 0 Å². The SMILES string of the molecule is OC1CC[CH]C2CCCCC12. The quantitative estimate of drug-likeness (QED) is 0.565. The molecule has 3 unspecified atom stereocenters. The summed E-state index contributed by atoms with van der Waals surface area (Å²) in [5.74, 6) is 1.38. The van der Waals surface area contributed by atoms with Crippen LogP contribution < -0.4 is 0 Å². The van der Waals surface area contributed by atoms with Crippen LogP contribution in [0, 0.1) is 18.3 Å². The van der Waals surface area contributed by atoms with Crippen molar-refractivity contribution < 1.29 is 5.11 Å². The Balaban J connectivity index is 1.99. The third-order valence-electron chi connectivity index (χ3n) is 3.30. The lowest BCUT2D eigenvalue weighted by Crippen LogP contribution is -2.34. The highest BCUT2D eigenvalue weighted by molar-refractivity contribution is 4.93. The smallest absolute Gasteiger partial charge is 0.0571 e. The second kappa shape index (κ2) is 3.14. The molecule has 2 aliphatic carbocycles. The Morgan fingerprint density at radius 3 is 2.73 bits per heavy atom. The summed E-state index contributed by atoms with van der Waals surface area (Å²) < 4.78 is 0. The first-order valence-corrected chi connectivity index (χ1v) is 4.89. The van der Waals surface area contributed by atoms with Crippen LogP contribution in [0.4, 0.5) is 0 Å². The molecule has 0 amide bonds. The molecule has 1 N–H and O–H groups in total. The second-order valence-electron chi connectivity index (χ2n) is 3.99. The molecule has 1 radical (unpaired) electrons. The van der Waals surface area contributed by atoms with Gasteiger partial charge in [-0.3, -0.25) is 0 Å². The fourth-order valence-corrected chi connectivity index (χ4v) is 2.65. The van der Waals surface area contributed by atoms with Crippen LogP contribution in [-0.2, 0) is 0 Å². The first-order valence-electron chi connectivity index (χ1n) is 4.89. The monoisotopic (exact) mass is 153 g/mol. The molecule has 2 aliphatic rings. The molecule has 2 fully saturated rings. The van der Waals surface area contributed by atoms with E-state index in [-0.39, 0.29) is 6.10 Å². The van der Waals surface area contributed by atoms with E-state index in [9.17, 15) is 5.11 Å². The van der Waals surface area contributed by atoms with Crippen molar-refractivity contribution in [3.8, 4) is 0 Å². The van der Waals surface area contributed by atoms with E-state index in [0.717, 1.165) is 18.8 Å². The van der Waals surface area contributed by atoms with Gasteiger partial charge in [0.15, 0.2) is 0 Å². The molecule has 0 heterocycles. The molecule has 1 heteroatoms. The van der Waals surface area contributed by atoms with Gasteiger partial charge in [-0.15, -0.1) is 0 Å². The molecule has 0 aromatic rings. The van der Waals surface area contributed by atoms with Crippen LogP contribution in [0.1, 0.15) is 38.5 Å². The van der Waals surface area contributed by atoms with E-state index < -0.39 is 0 Å². The highest BCUT2D eigenvalue weighted by Gasteiger charge is 2.33. The number of rotatable bonds is 0. The standard InChI is InChI=1S/C10H17O/c11-10-7-3-5-8-4-1-2-6-9(8)10/h5,8-11H,1-4,6-7H2. The van der Waals surface area contributed by atoms with Gasteiger partial charge in [-0.25, -0.2) is 0 Å². The van der Waals surface area contributed by atoms with Gasteiger partial charge in [0.2, 0.25) is 0 Å². The van der Waals surface area contributed by atoms with E-state index in [1.165, 1.54) is 25.7 Å². The summed E-state index contributed by atoms with van der Waals surface area (Å²) in [6.07, 6.45) is 9.94. The van der Waals surface area contributed by atoms with Crippen LogP contribution in [0.2, 0.25) is 0 Å². The Kier molecular flexibility index (Phi) is 2.17. The minimum Gasteiger partial charge on any atom is -0.393 e. The third-order valence-corrected chi connectivity index (χ3v) is 3.30. The zero-order valence-electron chi connectivity index (χ0n) is 7.00. The largest absolute Gasteiger partial charge is 0.393 e. The van der Waals surface area contributed by atoms with Crippen molar-refractivity contribution in [2.75, 3.05) is 0 Å². The van der Waals surface area contributed by atoms with Gasteiger partial charge in [0.25, 0.3) is 0 Å². The zero-order valence-corrected chi connectivity index (χ0v) is 7.00. The van der Waals surface area contributed by atoms with Gasteiger partial charge in [0.05, 0.1) is 6.10 Å². The Morgan fingerprint density at radius 2 is 1.91 bits per heavy atom. The van der Waals surface area contributed by atoms with Gasteiger partial charge in [0.1, 0.15) is 0 Å². The van der Waals surface area contributed by atoms with Crippen LogP contribution in [-0.4, -0.2) is 11.2 Å². The van der Waals surface area contributed by atoms with Gasteiger partial charge in [0, 0.05) is 0 Å². The van der Waals surface area contributed by atoms with Crippen molar-refractivity contribution in [1.29, 1.82) is 0 Å². The Bertz CT molecular complexity index is 131. The molecule has 0 aromatic carbocycles. The van der Waals surface area contributed by atoms with Crippen molar-refractivity contribution in [1.82, 2.24) is 0 Å². The molecule has 0 aliphatic heterocycles. The van der Waals surface area contributed by atoms with Crippen molar-refractivity contribution >= 4 is 0 Å². The number of aliphatic hydroxyl groups excluding tert-OH is 1. The van der Waals surface area contributed by atoms with E-state index >= 15 is 0 Å². The molecule has 3 atom stereocenters. The van der Waals surface area contributed by atoms with Crippen molar-refractivity contribution in [3.05, 3.63) is 6.42 Å². The molecule has 1 nitrogen and oxygen atoms in total. The van der Waals surface area contributed by atoms with Gasteiger partial charge < -0.3 is 5.11 Å². The maximum absolute atomic E-state index is 9.68. The molecular weight excluding hydrogens is 136 g/mol. The lowest BCUT2D eigenvalue weighted by atomic mass is 9.69. The molecule has 0 aromatic heterocycles. The number of fused-ring (bicyclic) bond motifs is 1. The second-order valence-corrected chi connectivity index (χ2v) is 3.99. The Labute approximate surface area is 68.8 Å². The predicted octanol–water partition coefficient (Wildman–Crippen LogP) is 2.15. The molecule has 2 saturated carbocycles. The minimum atomic E-state index is 0.0188. The topological polar surface area (TPSA) is 20.2 Å². The van der Waals surface area contributed by atoms with Crippen molar-refractivity contribution in [2.24, 2.45) is 11.8 Å². The Morgan fingerprint density at radius 1 is 1.09 bits per heavy atom. The average molecular weight is 153 g/mol. The van der Waals surface area contributed by atoms with E-state index in [0.29, 0.717) is 5.92 Å². The van der Waals surface area contributed by atoms with E-state index in [4.69, 9.17) is 0 Å². The van der Waals surface area contributed by atoms with Crippen molar-refractivity contribution in [3.63, 3.8) is 0 Å². The summed E-state index contributed by atoms with van der Waals surface area (Å²) in [5, 5.41) is 9.68. The zero-order chi connectivity index (χ0) is 7.68. The lowest BCUT2D eigenvalue weighted by molar-refractivity contribution is 0.0318. The number of hydrogen-bond donors (Lipinski definition) is 1. The van der Waals surface area contributed by atoms with Crippen molar-refractivity contribution in [2.45, 2.75) is 44.6 Å². The summed E-state index contributed by atoms with van der Waals surface area (Å²) in [6, 6.07) is 0. The number of hydrogen-bond acceptors (Lipinski definition) is 1. The van der Waals surface area contributed by atoms with Crippen LogP contribution >= 0.6 is 0 Å². The van der Waals surface area contributed by atoms with E-state index in [2.05, 4.69) is 6.42 Å². The molecule has 11 heavy (non-hydrogen) atoms. The first-order chi connectivity index (χ1) is 5.38. The van der Waals surface area contributed by atoms with E-state index in [1.54, 1.807) is 0 Å². The molecule has 0 bridgehead atoms. The molecule has 2 rings (SSSR count). The molecular formula is C10H17O. The summed E-state index contributed by atoms with van der Waals surface area (Å²) in [6.45, 7) is 0. The maximum atomic E-state index is 9.68. The minimum absolute atomic E-state index is 0.0188. The van der Waals surface area contributed by atoms with Crippen LogP contribution in [0.5, 0.6) is 0 Å². The lowest BCUT2D eigenvalue weighted by Gasteiger charge is -2.38. The van der Waals surface area contributed by atoms with Gasteiger partial charge in [-0.1, -0.05) is 12.8 Å². The highest BCUT2D eigenvalue weighted by atomic mass is 16.3. The van der Waals surface area contributed by atoms with Gasteiger partial charge in [-0.05, 0) is 43.9 Å². The summed E-state index contributed by atoms with van der Waals surface area (Å²) in [5.41, 5.74) is 0. The fraction of sp³-hybridized carbons (Fsp3) is 0.900.